The molecule has 1 aromatic carbocycles. The number of nitrogens with two attached hydrogens (primary N) is 1. The van der Waals surface area contributed by atoms with Gasteiger partial charge in [-0.2, -0.15) is 0 Å². The third kappa shape index (κ3) is 2.40. The zero-order valence-corrected chi connectivity index (χ0v) is 10.8. The van der Waals surface area contributed by atoms with Crippen LogP contribution in [0.1, 0.15) is 19.2 Å². The lowest BCUT2D eigenvalue weighted by Gasteiger charge is -2.08. The predicted octanol–water partition coefficient (Wildman–Crippen LogP) is 2.15. The minimum absolute atomic E-state index is 0.0282. The molecule has 1 aromatic heterocycles. The molecule has 100 valence electrons. The van der Waals surface area contributed by atoms with Crippen molar-refractivity contribution in [1.82, 2.24) is 14.8 Å². The average molecular weight is 261 g/mol. The Bertz CT molecular complexity index is 621. The number of nitrogens with zero attached hydrogens (tertiary/aromatic N) is 4. The number of anilines is 1. The predicted molar refractivity (Wildman–Crippen MR) is 71.6 cm³/mol. The number of rotatable bonds is 4. The van der Waals surface area contributed by atoms with Crippen LogP contribution in [0.2, 0.25) is 0 Å². The number of aromatic nitrogens is 3. The van der Waals surface area contributed by atoms with Gasteiger partial charge in [-0.25, -0.2) is 0 Å². The summed E-state index contributed by atoms with van der Waals surface area (Å²) in [5, 5.41) is 18.8. The Hall–Kier alpha value is -2.44. The molecule has 0 fully saturated rings. The Balaban J connectivity index is 2.50. The number of hydrogen-bond acceptors (Lipinski definition) is 5. The van der Waals surface area contributed by atoms with Gasteiger partial charge in [-0.1, -0.05) is 6.92 Å². The van der Waals surface area contributed by atoms with Gasteiger partial charge in [0.2, 0.25) is 0 Å². The molecule has 0 aliphatic heterocycles. The largest absolute Gasteiger partial charge is 0.398 e. The summed E-state index contributed by atoms with van der Waals surface area (Å²) in [4.78, 5) is 10.2. The topological polar surface area (TPSA) is 99.9 Å². The van der Waals surface area contributed by atoms with Crippen molar-refractivity contribution in [2.24, 2.45) is 0 Å². The molecule has 7 heteroatoms. The van der Waals surface area contributed by atoms with Crippen LogP contribution in [0.5, 0.6) is 0 Å². The van der Waals surface area contributed by atoms with E-state index in [-0.39, 0.29) is 5.69 Å². The molecule has 0 unspecified atom stereocenters. The van der Waals surface area contributed by atoms with E-state index in [1.807, 2.05) is 11.5 Å². The van der Waals surface area contributed by atoms with Crippen molar-refractivity contribution in [2.75, 3.05) is 5.73 Å². The molecular formula is C12H15N5O2. The molecule has 1 heterocycles. The maximum atomic E-state index is 10.7. The first kappa shape index (κ1) is 13.0. The molecular weight excluding hydrogens is 246 g/mol. The fourth-order valence-electron chi connectivity index (χ4n) is 1.94. The van der Waals surface area contributed by atoms with Gasteiger partial charge in [-0.3, -0.25) is 10.1 Å². The highest BCUT2D eigenvalue weighted by molar-refractivity contribution is 5.74. The van der Waals surface area contributed by atoms with Crippen LogP contribution >= 0.6 is 0 Å². The summed E-state index contributed by atoms with van der Waals surface area (Å²) in [7, 11) is 0. The number of benzene rings is 1. The Morgan fingerprint density at radius 1 is 1.42 bits per heavy atom. The summed E-state index contributed by atoms with van der Waals surface area (Å²) in [6, 6.07) is 4.38. The van der Waals surface area contributed by atoms with E-state index < -0.39 is 4.92 Å². The van der Waals surface area contributed by atoms with Crippen molar-refractivity contribution in [3.05, 3.63) is 34.1 Å². The highest BCUT2D eigenvalue weighted by atomic mass is 16.6. The van der Waals surface area contributed by atoms with E-state index in [2.05, 4.69) is 17.1 Å². The Morgan fingerprint density at radius 3 is 2.74 bits per heavy atom. The second-order valence-corrected chi connectivity index (χ2v) is 4.25. The van der Waals surface area contributed by atoms with Crippen LogP contribution in [0.25, 0.3) is 11.4 Å². The normalized spacial score (nSPS) is 10.6. The van der Waals surface area contributed by atoms with Gasteiger partial charge in [0.15, 0.2) is 5.82 Å². The first-order chi connectivity index (χ1) is 9.04. The number of nitro benzene ring substituents is 1. The van der Waals surface area contributed by atoms with Crippen LogP contribution in [-0.2, 0) is 6.54 Å². The van der Waals surface area contributed by atoms with Crippen molar-refractivity contribution >= 4 is 11.4 Å². The Labute approximate surface area is 110 Å². The first-order valence-corrected chi connectivity index (χ1v) is 5.98. The molecule has 0 saturated carbocycles. The minimum atomic E-state index is -0.470. The van der Waals surface area contributed by atoms with Crippen molar-refractivity contribution in [2.45, 2.75) is 26.8 Å². The molecule has 2 N–H and O–H groups in total. The number of aryl methyl sites for hydroxylation is 1. The molecule has 2 rings (SSSR count). The molecule has 0 saturated heterocycles. The van der Waals surface area contributed by atoms with Crippen LogP contribution in [0.3, 0.4) is 0 Å². The van der Waals surface area contributed by atoms with Gasteiger partial charge >= 0.3 is 0 Å². The summed E-state index contributed by atoms with van der Waals surface area (Å²) in [5.41, 5.74) is 6.85. The molecule has 0 atom stereocenters. The van der Waals surface area contributed by atoms with Crippen molar-refractivity contribution in [3.63, 3.8) is 0 Å². The second-order valence-electron chi connectivity index (χ2n) is 4.25. The van der Waals surface area contributed by atoms with Gasteiger partial charge in [-0.05, 0) is 19.4 Å². The Morgan fingerprint density at radius 2 is 2.16 bits per heavy atom. The van der Waals surface area contributed by atoms with Crippen LogP contribution in [-0.4, -0.2) is 19.7 Å². The SMILES string of the molecule is CCCn1c(C)nnc1-c1ccc([N+](=O)[O-])cc1N. The monoisotopic (exact) mass is 261 g/mol. The van der Waals surface area contributed by atoms with E-state index >= 15 is 0 Å². The lowest BCUT2D eigenvalue weighted by molar-refractivity contribution is -0.384. The molecule has 0 bridgehead atoms. The maximum Gasteiger partial charge on any atom is 0.271 e. The molecule has 2 aromatic rings. The highest BCUT2D eigenvalue weighted by Crippen LogP contribution is 2.28. The fraction of sp³-hybridized carbons (Fsp3) is 0.333. The number of nitro groups is 1. The third-order valence-electron chi connectivity index (χ3n) is 2.87. The third-order valence-corrected chi connectivity index (χ3v) is 2.87. The molecule has 0 aliphatic rings. The number of hydrogen-bond donors (Lipinski definition) is 1. The van der Waals surface area contributed by atoms with E-state index in [4.69, 9.17) is 5.73 Å². The molecule has 0 amide bonds. The second kappa shape index (κ2) is 5.05. The van der Waals surface area contributed by atoms with E-state index in [9.17, 15) is 10.1 Å². The van der Waals surface area contributed by atoms with Crippen molar-refractivity contribution in [1.29, 1.82) is 0 Å². The molecule has 0 aliphatic carbocycles. The average Bonchev–Trinajstić information content (AvgIpc) is 2.72. The van der Waals surface area contributed by atoms with Gasteiger partial charge in [0.25, 0.3) is 5.69 Å². The van der Waals surface area contributed by atoms with Gasteiger partial charge in [0.1, 0.15) is 5.82 Å². The van der Waals surface area contributed by atoms with Gasteiger partial charge in [0, 0.05) is 29.9 Å². The van der Waals surface area contributed by atoms with Crippen molar-refractivity contribution < 1.29 is 4.92 Å². The fourth-order valence-corrected chi connectivity index (χ4v) is 1.94. The quantitative estimate of drug-likeness (QED) is 0.516. The van der Waals surface area contributed by atoms with Crippen LogP contribution < -0.4 is 5.73 Å². The van der Waals surface area contributed by atoms with Crippen LogP contribution in [0.15, 0.2) is 18.2 Å². The zero-order chi connectivity index (χ0) is 14.0. The first-order valence-electron chi connectivity index (χ1n) is 5.98. The smallest absolute Gasteiger partial charge is 0.271 e. The van der Waals surface area contributed by atoms with Crippen molar-refractivity contribution in [3.8, 4) is 11.4 Å². The van der Waals surface area contributed by atoms with Crippen LogP contribution in [0.4, 0.5) is 11.4 Å². The summed E-state index contributed by atoms with van der Waals surface area (Å²) in [6.45, 7) is 4.71. The number of non-ortho nitro benzene ring substituents is 1. The molecule has 19 heavy (non-hydrogen) atoms. The highest BCUT2D eigenvalue weighted by Gasteiger charge is 2.15. The standard InChI is InChI=1S/C12H15N5O2/c1-3-6-16-8(2)14-15-12(16)10-5-4-9(17(18)19)7-11(10)13/h4-5,7H,3,6,13H2,1-2H3. The zero-order valence-electron chi connectivity index (χ0n) is 10.8. The summed E-state index contributed by atoms with van der Waals surface area (Å²) >= 11 is 0. The van der Waals surface area contributed by atoms with E-state index in [0.29, 0.717) is 17.1 Å². The molecule has 0 radical (unpaired) electrons. The van der Waals surface area contributed by atoms with Crippen LogP contribution in [0, 0.1) is 17.0 Å². The van der Waals surface area contributed by atoms with Gasteiger partial charge < -0.3 is 10.3 Å². The maximum absolute atomic E-state index is 10.7. The molecule has 7 nitrogen and oxygen atoms in total. The van der Waals surface area contributed by atoms with Gasteiger partial charge in [0.05, 0.1) is 4.92 Å². The molecule has 0 spiro atoms. The summed E-state index contributed by atoms with van der Waals surface area (Å²) < 4.78 is 1.96. The lowest BCUT2D eigenvalue weighted by Crippen LogP contribution is -2.04. The lowest BCUT2D eigenvalue weighted by atomic mass is 10.1. The van der Waals surface area contributed by atoms with Gasteiger partial charge in [-0.15, -0.1) is 10.2 Å². The minimum Gasteiger partial charge on any atom is -0.398 e. The number of nitrogen functional groups attached to an aromatic ring is 1. The Kier molecular flexibility index (Phi) is 3.46. The van der Waals surface area contributed by atoms with E-state index in [0.717, 1.165) is 18.8 Å². The van der Waals surface area contributed by atoms with E-state index in [1.54, 1.807) is 6.07 Å². The summed E-state index contributed by atoms with van der Waals surface area (Å²) in [6.07, 6.45) is 0.943. The van der Waals surface area contributed by atoms with E-state index in [1.165, 1.54) is 12.1 Å². The summed E-state index contributed by atoms with van der Waals surface area (Å²) in [5.74, 6) is 1.45.